The second-order valence-corrected chi connectivity index (χ2v) is 6.88. The lowest BCUT2D eigenvalue weighted by Gasteiger charge is -2.34. The molecule has 2 heteroatoms. The molecule has 0 bridgehead atoms. The molecule has 0 atom stereocenters. The minimum Gasteiger partial charge on any atom is -0.316 e. The van der Waals surface area contributed by atoms with Crippen LogP contribution in [0.25, 0.3) is 0 Å². The highest BCUT2D eigenvalue weighted by Gasteiger charge is 2.37. The summed E-state index contributed by atoms with van der Waals surface area (Å²) < 4.78 is 0. The minimum absolute atomic E-state index is 0.590. The third-order valence-corrected chi connectivity index (χ3v) is 4.47. The lowest BCUT2D eigenvalue weighted by atomic mass is 9.85. The van der Waals surface area contributed by atoms with Gasteiger partial charge in [0.25, 0.3) is 0 Å². The minimum atomic E-state index is 0.590. The second-order valence-electron chi connectivity index (χ2n) is 6.88. The largest absolute Gasteiger partial charge is 0.316 e. The molecule has 100 valence electrons. The van der Waals surface area contributed by atoms with Gasteiger partial charge in [-0.15, -0.1) is 0 Å². The second kappa shape index (κ2) is 5.71. The van der Waals surface area contributed by atoms with Crippen LogP contribution in [0, 0.1) is 11.3 Å². The summed E-state index contributed by atoms with van der Waals surface area (Å²) in [6.07, 6.45) is 8.64. The first-order valence-electron chi connectivity index (χ1n) is 7.52. The van der Waals surface area contributed by atoms with Gasteiger partial charge >= 0.3 is 0 Å². The monoisotopic (exact) mass is 238 g/mol. The molecule has 2 fully saturated rings. The maximum absolute atomic E-state index is 3.71. The van der Waals surface area contributed by atoms with E-state index in [-0.39, 0.29) is 0 Å². The van der Waals surface area contributed by atoms with Gasteiger partial charge in [0.05, 0.1) is 0 Å². The Balaban J connectivity index is 1.80. The highest BCUT2D eigenvalue weighted by molar-refractivity contribution is 4.92. The fourth-order valence-electron chi connectivity index (χ4n) is 3.32. The van der Waals surface area contributed by atoms with Crippen LogP contribution in [-0.2, 0) is 0 Å². The fraction of sp³-hybridized carbons (Fsp3) is 1.00. The Morgan fingerprint density at radius 2 is 1.88 bits per heavy atom. The molecular weight excluding hydrogens is 208 g/mol. The van der Waals surface area contributed by atoms with Crippen molar-refractivity contribution in [2.24, 2.45) is 11.3 Å². The summed E-state index contributed by atoms with van der Waals surface area (Å²) in [5.74, 6) is 0.773. The molecule has 2 saturated carbocycles. The van der Waals surface area contributed by atoms with E-state index < -0.39 is 0 Å². The average Bonchev–Trinajstić information content (AvgIpc) is 3.01. The highest BCUT2D eigenvalue weighted by Crippen LogP contribution is 2.40. The van der Waals surface area contributed by atoms with Gasteiger partial charge in [-0.1, -0.05) is 26.7 Å². The van der Waals surface area contributed by atoms with Crippen molar-refractivity contribution in [1.29, 1.82) is 0 Å². The van der Waals surface area contributed by atoms with Crippen molar-refractivity contribution in [2.75, 3.05) is 26.7 Å². The van der Waals surface area contributed by atoms with Gasteiger partial charge in [-0.25, -0.2) is 0 Å². The van der Waals surface area contributed by atoms with Gasteiger partial charge in [0.2, 0.25) is 0 Å². The Kier molecular flexibility index (Phi) is 4.48. The van der Waals surface area contributed by atoms with E-state index in [1.165, 1.54) is 58.2 Å². The lowest BCUT2D eigenvalue weighted by molar-refractivity contribution is 0.165. The first-order valence-corrected chi connectivity index (χ1v) is 7.52. The molecule has 0 aromatic heterocycles. The summed E-state index contributed by atoms with van der Waals surface area (Å²) in [5, 5.41) is 3.71. The van der Waals surface area contributed by atoms with Crippen LogP contribution in [0.1, 0.15) is 52.4 Å². The van der Waals surface area contributed by atoms with Crippen LogP contribution in [0.4, 0.5) is 0 Å². The lowest BCUT2D eigenvalue weighted by Crippen LogP contribution is -2.42. The summed E-state index contributed by atoms with van der Waals surface area (Å²) in [7, 11) is 2.33. The number of hydrogen-bond acceptors (Lipinski definition) is 2. The fourth-order valence-corrected chi connectivity index (χ4v) is 3.32. The normalized spacial score (nSPS) is 23.8. The molecule has 1 N–H and O–H groups in total. The molecule has 0 radical (unpaired) electrons. The molecule has 0 unspecified atom stereocenters. The standard InChI is InChI=1S/C15H30N2/c1-13(2)10-16-11-15(8-4-5-9-15)12-17(3)14-6-7-14/h13-14,16H,4-12H2,1-3H3. The van der Waals surface area contributed by atoms with Crippen LogP contribution in [-0.4, -0.2) is 37.6 Å². The summed E-state index contributed by atoms with van der Waals surface area (Å²) in [5.41, 5.74) is 0.590. The SMILES string of the molecule is CC(C)CNCC1(CN(C)C2CC2)CCCC1. The zero-order valence-corrected chi connectivity index (χ0v) is 12.0. The van der Waals surface area contributed by atoms with Crippen molar-refractivity contribution in [3.63, 3.8) is 0 Å². The van der Waals surface area contributed by atoms with Crippen LogP contribution in [0.2, 0.25) is 0 Å². The average molecular weight is 238 g/mol. The molecular formula is C15H30N2. The van der Waals surface area contributed by atoms with Gasteiger partial charge in [0, 0.05) is 19.1 Å². The zero-order chi connectivity index (χ0) is 12.3. The van der Waals surface area contributed by atoms with Crippen molar-refractivity contribution in [3.05, 3.63) is 0 Å². The van der Waals surface area contributed by atoms with Gasteiger partial charge < -0.3 is 10.2 Å². The van der Waals surface area contributed by atoms with E-state index in [2.05, 4.69) is 31.1 Å². The van der Waals surface area contributed by atoms with Crippen molar-refractivity contribution in [3.8, 4) is 0 Å². The summed E-state index contributed by atoms with van der Waals surface area (Å²) in [4.78, 5) is 2.63. The first kappa shape index (κ1) is 13.4. The molecule has 0 amide bonds. The summed E-state index contributed by atoms with van der Waals surface area (Å²) in [6.45, 7) is 8.33. The quantitative estimate of drug-likeness (QED) is 0.733. The topological polar surface area (TPSA) is 15.3 Å². The third kappa shape index (κ3) is 3.96. The van der Waals surface area contributed by atoms with E-state index in [1.54, 1.807) is 0 Å². The van der Waals surface area contributed by atoms with Crippen molar-refractivity contribution >= 4 is 0 Å². The van der Waals surface area contributed by atoms with E-state index in [9.17, 15) is 0 Å². The Bertz CT molecular complexity index is 227. The molecule has 0 aliphatic heterocycles. The molecule has 17 heavy (non-hydrogen) atoms. The van der Waals surface area contributed by atoms with Crippen LogP contribution >= 0.6 is 0 Å². The summed E-state index contributed by atoms with van der Waals surface area (Å²) >= 11 is 0. The van der Waals surface area contributed by atoms with Gasteiger partial charge in [0.15, 0.2) is 0 Å². The van der Waals surface area contributed by atoms with E-state index in [0.717, 1.165) is 12.0 Å². The predicted octanol–water partition coefficient (Wildman–Crippen LogP) is 2.89. The maximum Gasteiger partial charge on any atom is 0.00936 e. The molecule has 0 heterocycles. The zero-order valence-electron chi connectivity index (χ0n) is 12.0. The number of nitrogens with zero attached hydrogens (tertiary/aromatic N) is 1. The molecule has 2 nitrogen and oxygen atoms in total. The number of hydrogen-bond donors (Lipinski definition) is 1. The Hall–Kier alpha value is -0.0800. The smallest absolute Gasteiger partial charge is 0.00936 e. The van der Waals surface area contributed by atoms with Crippen LogP contribution < -0.4 is 5.32 Å². The van der Waals surface area contributed by atoms with E-state index in [1.807, 2.05) is 0 Å². The van der Waals surface area contributed by atoms with E-state index >= 15 is 0 Å². The Morgan fingerprint density at radius 3 is 2.41 bits per heavy atom. The number of nitrogens with one attached hydrogen (secondary N) is 1. The van der Waals surface area contributed by atoms with Crippen LogP contribution in [0.3, 0.4) is 0 Å². The van der Waals surface area contributed by atoms with Gasteiger partial charge in [-0.2, -0.15) is 0 Å². The van der Waals surface area contributed by atoms with Crippen molar-refractivity contribution < 1.29 is 0 Å². The first-order chi connectivity index (χ1) is 8.11. The van der Waals surface area contributed by atoms with Crippen molar-refractivity contribution in [2.45, 2.75) is 58.4 Å². The predicted molar refractivity (Wildman–Crippen MR) is 74.3 cm³/mol. The number of rotatable bonds is 7. The molecule has 0 aromatic rings. The van der Waals surface area contributed by atoms with Gasteiger partial charge in [-0.3, -0.25) is 0 Å². The van der Waals surface area contributed by atoms with E-state index in [4.69, 9.17) is 0 Å². The maximum atomic E-state index is 3.71. The van der Waals surface area contributed by atoms with Crippen LogP contribution in [0.5, 0.6) is 0 Å². The molecule has 2 rings (SSSR count). The molecule has 0 spiro atoms. The highest BCUT2D eigenvalue weighted by atomic mass is 15.2. The Labute approximate surface area is 107 Å². The van der Waals surface area contributed by atoms with Gasteiger partial charge in [-0.05, 0) is 50.6 Å². The van der Waals surface area contributed by atoms with Crippen molar-refractivity contribution in [1.82, 2.24) is 10.2 Å². The van der Waals surface area contributed by atoms with Crippen LogP contribution in [0.15, 0.2) is 0 Å². The van der Waals surface area contributed by atoms with E-state index in [0.29, 0.717) is 5.41 Å². The Morgan fingerprint density at radius 1 is 1.24 bits per heavy atom. The third-order valence-electron chi connectivity index (χ3n) is 4.47. The molecule has 0 aromatic carbocycles. The molecule has 2 aliphatic carbocycles. The van der Waals surface area contributed by atoms with Gasteiger partial charge in [0.1, 0.15) is 0 Å². The molecule has 2 aliphatic rings. The molecule has 0 saturated heterocycles. The summed E-state index contributed by atoms with van der Waals surface area (Å²) in [6, 6.07) is 0.914.